The van der Waals surface area contributed by atoms with E-state index in [-0.39, 0.29) is 5.91 Å². The molecule has 0 radical (unpaired) electrons. The molecule has 0 aliphatic heterocycles. The average Bonchev–Trinajstić information content (AvgIpc) is 2.48. The van der Waals surface area contributed by atoms with E-state index in [0.29, 0.717) is 17.1 Å². The molecule has 0 aromatic heterocycles. The molecule has 4 nitrogen and oxygen atoms in total. The first kappa shape index (κ1) is 16.1. The molecule has 0 aliphatic carbocycles. The Balaban J connectivity index is 2.27. The summed E-state index contributed by atoms with van der Waals surface area (Å²) >= 11 is 5.47. The fourth-order valence-corrected chi connectivity index (χ4v) is 2.87. The van der Waals surface area contributed by atoms with Gasteiger partial charge in [0, 0.05) is 15.7 Å². The third-order valence-corrected chi connectivity index (χ3v) is 4.13. The molecule has 0 saturated heterocycles. The highest BCUT2D eigenvalue weighted by atomic mass is 127. The van der Waals surface area contributed by atoms with Crippen LogP contribution in [-0.2, 0) is 0 Å². The Morgan fingerprint density at radius 1 is 1.14 bits per heavy atom. The van der Waals surface area contributed by atoms with Crippen molar-refractivity contribution in [2.45, 2.75) is 0 Å². The zero-order valence-corrected chi connectivity index (χ0v) is 15.2. The molecule has 110 valence electrons. The van der Waals surface area contributed by atoms with Gasteiger partial charge >= 0.3 is 0 Å². The van der Waals surface area contributed by atoms with Crippen LogP contribution in [0.25, 0.3) is 0 Å². The van der Waals surface area contributed by atoms with Crippen LogP contribution in [0, 0.1) is 3.57 Å². The van der Waals surface area contributed by atoms with Crippen LogP contribution in [0.2, 0.25) is 0 Å². The number of ether oxygens (including phenoxy) is 2. The first-order valence-electron chi connectivity index (χ1n) is 6.03. The molecular weight excluding hydrogens is 449 g/mol. The summed E-state index contributed by atoms with van der Waals surface area (Å²) in [5.41, 5.74) is 1.24. The van der Waals surface area contributed by atoms with Crippen molar-refractivity contribution in [2.24, 2.45) is 0 Å². The number of carbonyl (C=O) groups excluding carboxylic acids is 1. The first-order chi connectivity index (χ1) is 10.0. The summed E-state index contributed by atoms with van der Waals surface area (Å²) < 4.78 is 12.3. The number of benzene rings is 2. The van der Waals surface area contributed by atoms with Crippen LogP contribution in [0.4, 0.5) is 5.69 Å². The third kappa shape index (κ3) is 3.88. The number of nitrogens with one attached hydrogen (secondary N) is 1. The molecule has 0 fully saturated rings. The lowest BCUT2D eigenvalue weighted by atomic mass is 10.2. The Kier molecular flexibility index (Phi) is 5.46. The van der Waals surface area contributed by atoms with E-state index >= 15 is 0 Å². The quantitative estimate of drug-likeness (QED) is 0.689. The largest absolute Gasteiger partial charge is 0.493 e. The van der Waals surface area contributed by atoms with Gasteiger partial charge in [0.05, 0.1) is 17.8 Å². The van der Waals surface area contributed by atoms with E-state index in [1.807, 2.05) is 24.3 Å². The molecule has 0 atom stereocenters. The molecular formula is C15H13BrINO3. The number of anilines is 1. The molecule has 0 aliphatic rings. The van der Waals surface area contributed by atoms with Gasteiger partial charge in [0.15, 0.2) is 11.5 Å². The van der Waals surface area contributed by atoms with Crippen LogP contribution < -0.4 is 14.8 Å². The number of rotatable bonds is 4. The monoisotopic (exact) mass is 461 g/mol. The summed E-state index contributed by atoms with van der Waals surface area (Å²) in [6, 6.07) is 10.8. The van der Waals surface area contributed by atoms with Crippen LogP contribution in [0.5, 0.6) is 11.5 Å². The molecule has 1 N–H and O–H groups in total. The highest BCUT2D eigenvalue weighted by Gasteiger charge is 2.15. The van der Waals surface area contributed by atoms with E-state index in [4.69, 9.17) is 9.47 Å². The zero-order valence-electron chi connectivity index (χ0n) is 11.4. The summed E-state index contributed by atoms with van der Waals surface area (Å²) in [5, 5.41) is 2.84. The second kappa shape index (κ2) is 7.13. The van der Waals surface area contributed by atoms with Crippen molar-refractivity contribution in [3.63, 3.8) is 0 Å². The Morgan fingerprint density at radius 3 is 2.38 bits per heavy atom. The second-order valence-electron chi connectivity index (χ2n) is 4.15. The Morgan fingerprint density at radius 2 is 1.81 bits per heavy atom. The summed E-state index contributed by atoms with van der Waals surface area (Å²) in [6.45, 7) is 0. The standard InChI is InChI=1S/C15H13BrINO3/c1-20-13-8-9(7-12(17)14(13)21-2)15(19)18-11-5-3-10(16)4-6-11/h3-8H,1-2H3,(H,18,19). The highest BCUT2D eigenvalue weighted by molar-refractivity contribution is 14.1. The maximum absolute atomic E-state index is 12.3. The molecule has 2 aromatic rings. The Bertz CT molecular complexity index is 659. The number of amides is 1. The predicted molar refractivity (Wildman–Crippen MR) is 94.4 cm³/mol. The molecule has 6 heteroatoms. The van der Waals surface area contributed by atoms with Gasteiger partial charge in [-0.15, -0.1) is 0 Å². The zero-order chi connectivity index (χ0) is 15.4. The van der Waals surface area contributed by atoms with Gasteiger partial charge in [0.25, 0.3) is 5.91 Å². The summed E-state index contributed by atoms with van der Waals surface area (Å²) in [6.07, 6.45) is 0. The van der Waals surface area contributed by atoms with E-state index in [0.717, 1.165) is 13.7 Å². The number of carbonyl (C=O) groups is 1. The van der Waals surface area contributed by atoms with E-state index in [9.17, 15) is 4.79 Å². The minimum atomic E-state index is -0.198. The van der Waals surface area contributed by atoms with Crippen LogP contribution in [0.3, 0.4) is 0 Å². The van der Waals surface area contributed by atoms with E-state index in [1.165, 1.54) is 0 Å². The first-order valence-corrected chi connectivity index (χ1v) is 7.90. The molecule has 1 amide bonds. The van der Waals surface area contributed by atoms with Crippen molar-refractivity contribution >= 4 is 50.1 Å². The van der Waals surface area contributed by atoms with Crippen molar-refractivity contribution in [2.75, 3.05) is 19.5 Å². The molecule has 2 rings (SSSR count). The molecule has 0 saturated carbocycles. The smallest absolute Gasteiger partial charge is 0.255 e. The fourth-order valence-electron chi connectivity index (χ4n) is 1.79. The summed E-state index contributed by atoms with van der Waals surface area (Å²) in [7, 11) is 3.12. The summed E-state index contributed by atoms with van der Waals surface area (Å²) in [4.78, 5) is 12.3. The van der Waals surface area contributed by atoms with Crippen molar-refractivity contribution < 1.29 is 14.3 Å². The Hall–Kier alpha value is -1.28. The lowest BCUT2D eigenvalue weighted by Crippen LogP contribution is -2.12. The lowest BCUT2D eigenvalue weighted by molar-refractivity contribution is 0.102. The van der Waals surface area contributed by atoms with Crippen molar-refractivity contribution in [1.82, 2.24) is 0 Å². The lowest BCUT2D eigenvalue weighted by Gasteiger charge is -2.12. The van der Waals surface area contributed by atoms with Crippen LogP contribution >= 0.6 is 38.5 Å². The van der Waals surface area contributed by atoms with Gasteiger partial charge in [-0.05, 0) is 59.0 Å². The van der Waals surface area contributed by atoms with E-state index in [2.05, 4.69) is 43.8 Å². The van der Waals surface area contributed by atoms with Crippen molar-refractivity contribution in [1.29, 1.82) is 0 Å². The minimum Gasteiger partial charge on any atom is -0.493 e. The van der Waals surface area contributed by atoms with E-state index < -0.39 is 0 Å². The molecule has 0 spiro atoms. The van der Waals surface area contributed by atoms with Crippen molar-refractivity contribution in [3.8, 4) is 11.5 Å². The molecule has 21 heavy (non-hydrogen) atoms. The second-order valence-corrected chi connectivity index (χ2v) is 6.23. The van der Waals surface area contributed by atoms with Gasteiger partial charge in [-0.2, -0.15) is 0 Å². The van der Waals surface area contributed by atoms with Gasteiger partial charge in [0.2, 0.25) is 0 Å². The molecule has 0 bridgehead atoms. The maximum atomic E-state index is 12.3. The van der Waals surface area contributed by atoms with Crippen LogP contribution in [-0.4, -0.2) is 20.1 Å². The topological polar surface area (TPSA) is 47.6 Å². The average molecular weight is 462 g/mol. The highest BCUT2D eigenvalue weighted by Crippen LogP contribution is 2.33. The molecule has 0 unspecified atom stereocenters. The van der Waals surface area contributed by atoms with Gasteiger partial charge in [-0.1, -0.05) is 15.9 Å². The van der Waals surface area contributed by atoms with Gasteiger partial charge in [-0.3, -0.25) is 4.79 Å². The SMILES string of the molecule is COc1cc(C(=O)Nc2ccc(Br)cc2)cc(I)c1OC. The van der Waals surface area contributed by atoms with Crippen molar-refractivity contribution in [3.05, 3.63) is 50.0 Å². The number of halogens is 2. The maximum Gasteiger partial charge on any atom is 0.255 e. The number of hydrogen-bond donors (Lipinski definition) is 1. The van der Waals surface area contributed by atoms with Gasteiger partial charge in [0.1, 0.15) is 0 Å². The van der Waals surface area contributed by atoms with E-state index in [1.54, 1.807) is 26.4 Å². The van der Waals surface area contributed by atoms with Gasteiger partial charge < -0.3 is 14.8 Å². The predicted octanol–water partition coefficient (Wildman–Crippen LogP) is 4.32. The number of methoxy groups -OCH3 is 2. The van der Waals surface area contributed by atoms with Crippen LogP contribution in [0.1, 0.15) is 10.4 Å². The fraction of sp³-hybridized carbons (Fsp3) is 0.133. The third-order valence-electron chi connectivity index (χ3n) is 2.80. The Labute approximate surface area is 145 Å². The number of hydrogen-bond acceptors (Lipinski definition) is 3. The molecule has 0 heterocycles. The minimum absolute atomic E-state index is 0.198. The summed E-state index contributed by atoms with van der Waals surface area (Å²) in [5.74, 6) is 0.958. The van der Waals surface area contributed by atoms with Crippen LogP contribution in [0.15, 0.2) is 40.9 Å². The normalized spacial score (nSPS) is 10.1. The van der Waals surface area contributed by atoms with Gasteiger partial charge in [-0.25, -0.2) is 0 Å². The molecule has 2 aromatic carbocycles.